The highest BCUT2D eigenvalue weighted by atomic mass is 16.5. The molecule has 1 unspecified atom stereocenters. The molecule has 5 aliphatic rings. The number of nitrogens with one attached hydrogen (secondary N) is 1. The van der Waals surface area contributed by atoms with E-state index in [0.717, 1.165) is 56.0 Å². The number of nitrogens with zero attached hydrogens (tertiary/aromatic N) is 2. The fourth-order valence-corrected chi connectivity index (χ4v) is 7.09. The highest BCUT2D eigenvalue weighted by molar-refractivity contribution is 6.05. The van der Waals surface area contributed by atoms with Crippen LogP contribution in [0.5, 0.6) is 11.5 Å². The molecule has 0 bridgehead atoms. The van der Waals surface area contributed by atoms with Crippen LogP contribution in [0.15, 0.2) is 30.3 Å². The van der Waals surface area contributed by atoms with Gasteiger partial charge >= 0.3 is 0 Å². The Balaban J connectivity index is 1.07. The maximum atomic E-state index is 13.2. The minimum Gasteiger partial charge on any atom is -0.492 e. The maximum absolute atomic E-state index is 13.2. The topological polar surface area (TPSA) is 88.2 Å². The van der Waals surface area contributed by atoms with Gasteiger partial charge in [-0.3, -0.25) is 24.6 Å². The van der Waals surface area contributed by atoms with Crippen molar-refractivity contribution in [3.05, 3.63) is 58.1 Å². The van der Waals surface area contributed by atoms with Crippen molar-refractivity contribution in [2.24, 2.45) is 0 Å². The molecule has 1 atom stereocenters. The number of rotatable bonds is 3. The van der Waals surface area contributed by atoms with Crippen molar-refractivity contribution in [3.8, 4) is 11.5 Å². The lowest BCUT2D eigenvalue weighted by atomic mass is 9.74. The Morgan fingerprint density at radius 2 is 1.87 bits per heavy atom. The molecule has 198 valence electrons. The van der Waals surface area contributed by atoms with Gasteiger partial charge in [0.15, 0.2) is 0 Å². The number of piperidine rings is 2. The van der Waals surface area contributed by atoms with Crippen LogP contribution in [-0.2, 0) is 34.5 Å². The summed E-state index contributed by atoms with van der Waals surface area (Å²) in [6.07, 6.45) is 3.56. The molecule has 0 aliphatic carbocycles. The number of fused-ring (bicyclic) bond motifs is 5. The quantitative estimate of drug-likeness (QED) is 0.633. The smallest absolute Gasteiger partial charge is 0.255 e. The second kappa shape index (κ2) is 8.30. The molecule has 2 saturated heterocycles. The largest absolute Gasteiger partial charge is 0.492 e. The first kappa shape index (κ1) is 23.7. The van der Waals surface area contributed by atoms with Gasteiger partial charge in [0.05, 0.1) is 13.2 Å². The Bertz CT molecular complexity index is 1370. The summed E-state index contributed by atoms with van der Waals surface area (Å²) in [6.45, 7) is 8.16. The van der Waals surface area contributed by atoms with Gasteiger partial charge < -0.3 is 14.4 Å². The molecule has 8 heteroatoms. The van der Waals surface area contributed by atoms with Gasteiger partial charge in [0.2, 0.25) is 11.8 Å². The average molecular weight is 516 g/mol. The molecular formula is C30H33N3O5. The van der Waals surface area contributed by atoms with Crippen LogP contribution in [0.3, 0.4) is 0 Å². The normalized spacial score (nSPS) is 25.1. The summed E-state index contributed by atoms with van der Waals surface area (Å²) in [7, 11) is 0. The Hall–Kier alpha value is -3.39. The molecule has 38 heavy (non-hydrogen) atoms. The van der Waals surface area contributed by atoms with Crippen molar-refractivity contribution < 1.29 is 23.9 Å². The third-order valence-corrected chi connectivity index (χ3v) is 9.16. The Morgan fingerprint density at radius 3 is 2.66 bits per heavy atom. The number of carbonyl (C=O) groups is 3. The molecule has 0 radical (unpaired) electrons. The minimum absolute atomic E-state index is 0.0459. The number of benzene rings is 2. The van der Waals surface area contributed by atoms with E-state index in [1.54, 1.807) is 4.90 Å². The predicted octanol–water partition coefficient (Wildman–Crippen LogP) is 3.09. The molecule has 1 N–H and O–H groups in total. The van der Waals surface area contributed by atoms with Crippen molar-refractivity contribution >= 4 is 17.7 Å². The van der Waals surface area contributed by atoms with Crippen LogP contribution in [0.4, 0.5) is 0 Å². The van der Waals surface area contributed by atoms with Crippen LogP contribution in [0.2, 0.25) is 0 Å². The van der Waals surface area contributed by atoms with Crippen LogP contribution >= 0.6 is 0 Å². The zero-order chi connectivity index (χ0) is 26.2. The molecule has 7 rings (SSSR count). The first-order chi connectivity index (χ1) is 18.2. The van der Waals surface area contributed by atoms with Crippen molar-refractivity contribution in [2.45, 2.75) is 76.1 Å². The third kappa shape index (κ3) is 3.64. The molecule has 0 saturated carbocycles. The van der Waals surface area contributed by atoms with Gasteiger partial charge in [-0.05, 0) is 63.9 Å². The van der Waals surface area contributed by atoms with Gasteiger partial charge in [-0.25, -0.2) is 0 Å². The number of ether oxygens (including phenoxy) is 2. The second-order valence-corrected chi connectivity index (χ2v) is 12.1. The van der Waals surface area contributed by atoms with Crippen molar-refractivity contribution in [1.82, 2.24) is 15.1 Å². The summed E-state index contributed by atoms with van der Waals surface area (Å²) < 4.78 is 12.5. The van der Waals surface area contributed by atoms with Crippen LogP contribution < -0.4 is 14.8 Å². The van der Waals surface area contributed by atoms with Crippen LogP contribution in [-0.4, -0.2) is 58.9 Å². The van der Waals surface area contributed by atoms with E-state index >= 15 is 0 Å². The van der Waals surface area contributed by atoms with Gasteiger partial charge in [-0.15, -0.1) is 0 Å². The maximum Gasteiger partial charge on any atom is 0.255 e. The molecular weight excluding hydrogens is 482 g/mol. The summed E-state index contributed by atoms with van der Waals surface area (Å²) in [5.41, 5.74) is 5.21. The molecule has 3 amide bonds. The first-order valence-corrected chi connectivity index (χ1v) is 13.7. The van der Waals surface area contributed by atoms with E-state index in [2.05, 4.69) is 48.3 Å². The van der Waals surface area contributed by atoms with E-state index in [0.29, 0.717) is 25.1 Å². The lowest BCUT2D eigenvalue weighted by molar-refractivity contribution is -0.136. The van der Waals surface area contributed by atoms with E-state index in [9.17, 15) is 14.4 Å². The van der Waals surface area contributed by atoms with E-state index in [-0.39, 0.29) is 35.2 Å². The van der Waals surface area contributed by atoms with Gasteiger partial charge in [0.25, 0.3) is 5.91 Å². The van der Waals surface area contributed by atoms with Crippen molar-refractivity contribution in [2.75, 3.05) is 19.7 Å². The molecule has 8 nitrogen and oxygen atoms in total. The number of amides is 3. The molecule has 0 aromatic heterocycles. The summed E-state index contributed by atoms with van der Waals surface area (Å²) in [4.78, 5) is 41.4. The minimum atomic E-state index is -0.614. The Labute approximate surface area is 222 Å². The third-order valence-electron chi connectivity index (χ3n) is 9.16. The molecule has 1 spiro atoms. The highest BCUT2D eigenvalue weighted by Gasteiger charge is 2.47. The fraction of sp³-hybridized carbons (Fsp3) is 0.500. The lowest BCUT2D eigenvalue weighted by Crippen LogP contribution is -2.52. The average Bonchev–Trinajstić information content (AvgIpc) is 3.52. The zero-order valence-electron chi connectivity index (χ0n) is 22.0. The lowest BCUT2D eigenvalue weighted by Gasteiger charge is -2.38. The van der Waals surface area contributed by atoms with Gasteiger partial charge in [-0.2, -0.15) is 0 Å². The van der Waals surface area contributed by atoms with Crippen LogP contribution in [0, 0.1) is 0 Å². The van der Waals surface area contributed by atoms with E-state index < -0.39 is 6.04 Å². The number of hydrogen-bond acceptors (Lipinski definition) is 6. The molecule has 5 aliphatic heterocycles. The van der Waals surface area contributed by atoms with E-state index in [1.165, 1.54) is 16.7 Å². The monoisotopic (exact) mass is 515 g/mol. The zero-order valence-corrected chi connectivity index (χ0v) is 22.0. The Morgan fingerprint density at radius 1 is 1.05 bits per heavy atom. The fourth-order valence-electron chi connectivity index (χ4n) is 7.09. The standard InChI is InChI=1S/C30H33N3O5/c1-29(2)14-20-18(4-3-5-24(20)38-29)15-32-12-10-30(11-13-32)17-37-26-21-16-33(23-8-9-25(34)31-27(23)35)28(36)19(21)6-7-22(26)30/h3-7,23H,8-17H2,1-2H3,(H,31,34,35). The summed E-state index contributed by atoms with van der Waals surface area (Å²) in [5, 5.41) is 2.38. The summed E-state index contributed by atoms with van der Waals surface area (Å²) >= 11 is 0. The number of imide groups is 1. The molecule has 2 fully saturated rings. The van der Waals surface area contributed by atoms with Crippen LogP contribution in [0.1, 0.15) is 72.1 Å². The van der Waals surface area contributed by atoms with Gasteiger partial charge in [-0.1, -0.05) is 18.2 Å². The number of hydrogen-bond donors (Lipinski definition) is 1. The van der Waals surface area contributed by atoms with E-state index in [1.807, 2.05) is 6.07 Å². The van der Waals surface area contributed by atoms with E-state index in [4.69, 9.17) is 9.47 Å². The molecule has 2 aromatic rings. The van der Waals surface area contributed by atoms with Crippen LogP contribution in [0.25, 0.3) is 0 Å². The summed E-state index contributed by atoms with van der Waals surface area (Å²) in [5.74, 6) is 1.04. The van der Waals surface area contributed by atoms with Crippen molar-refractivity contribution in [3.63, 3.8) is 0 Å². The first-order valence-electron chi connectivity index (χ1n) is 13.7. The molecule has 2 aromatic carbocycles. The highest BCUT2D eigenvalue weighted by Crippen LogP contribution is 2.50. The molecule has 5 heterocycles. The second-order valence-electron chi connectivity index (χ2n) is 12.1. The SMILES string of the molecule is CC1(C)Cc2c(CN3CCC4(CC3)COc3c4ccc4c3CN(C3CCC(=O)NC3=O)C4=O)cccc2O1. The predicted molar refractivity (Wildman–Crippen MR) is 139 cm³/mol. The summed E-state index contributed by atoms with van der Waals surface area (Å²) in [6, 6.07) is 9.79. The van der Waals surface area contributed by atoms with Crippen molar-refractivity contribution in [1.29, 1.82) is 0 Å². The number of likely N-dealkylation sites (tertiary alicyclic amines) is 1. The Kier molecular flexibility index (Phi) is 5.18. The van der Waals surface area contributed by atoms with Gasteiger partial charge in [0, 0.05) is 47.1 Å². The van der Waals surface area contributed by atoms with Gasteiger partial charge in [0.1, 0.15) is 23.1 Å². The number of carbonyl (C=O) groups excluding carboxylic acids is 3.